The van der Waals surface area contributed by atoms with E-state index in [-0.39, 0.29) is 11.2 Å². The highest BCUT2D eigenvalue weighted by Gasteiger charge is 2.13. The maximum Gasteiger partial charge on any atom is 0.253 e. The number of halogens is 1. The summed E-state index contributed by atoms with van der Waals surface area (Å²) in [6.45, 7) is 1.86. The summed E-state index contributed by atoms with van der Waals surface area (Å²) in [7, 11) is 0. The molecule has 0 aromatic heterocycles. The number of hydrogen-bond acceptors (Lipinski definition) is 3. The van der Waals surface area contributed by atoms with Crippen molar-refractivity contribution >= 4 is 39.8 Å². The van der Waals surface area contributed by atoms with Gasteiger partial charge in [-0.2, -0.15) is 5.10 Å². The van der Waals surface area contributed by atoms with Crippen LogP contribution in [0.4, 0.5) is 0 Å². The fourth-order valence-corrected chi connectivity index (χ4v) is 2.71. The maximum atomic E-state index is 11.9. The van der Waals surface area contributed by atoms with Gasteiger partial charge in [0.1, 0.15) is 0 Å². The first kappa shape index (κ1) is 15.8. The molecule has 108 valence electrons. The molecule has 2 aromatic rings. The van der Waals surface area contributed by atoms with Gasteiger partial charge in [-0.25, -0.2) is 5.43 Å². The van der Waals surface area contributed by atoms with Gasteiger partial charge in [0, 0.05) is 9.37 Å². The Hall–Kier alpha value is -1.59. The fourth-order valence-electron chi connectivity index (χ4n) is 1.57. The number of carbonyl (C=O) groups excluding carboxylic acids is 1. The first-order chi connectivity index (χ1) is 10.1. The topological polar surface area (TPSA) is 41.5 Å². The Morgan fingerprint density at radius 1 is 1.19 bits per heavy atom. The second-order valence-corrected chi connectivity index (χ2v) is 6.69. The lowest BCUT2D eigenvalue weighted by atomic mass is 10.2. The van der Waals surface area contributed by atoms with E-state index < -0.39 is 0 Å². The van der Waals surface area contributed by atoms with Crippen molar-refractivity contribution in [3.63, 3.8) is 0 Å². The summed E-state index contributed by atoms with van der Waals surface area (Å²) >= 11 is 4.88. The highest BCUT2D eigenvalue weighted by Crippen LogP contribution is 2.22. The van der Waals surface area contributed by atoms with Gasteiger partial charge in [-0.05, 0) is 36.8 Å². The third-order valence-electron chi connectivity index (χ3n) is 2.68. The van der Waals surface area contributed by atoms with Crippen LogP contribution in [0.3, 0.4) is 0 Å². The van der Waals surface area contributed by atoms with Gasteiger partial charge in [0.25, 0.3) is 5.91 Å². The number of benzene rings is 2. The molecule has 0 spiro atoms. The number of carbonyl (C=O) groups is 1. The lowest BCUT2D eigenvalue weighted by Gasteiger charge is -2.08. The molecule has 0 aliphatic rings. The van der Waals surface area contributed by atoms with Crippen molar-refractivity contribution in [2.24, 2.45) is 5.10 Å². The molecular formula is C16H15BrN2OS. The van der Waals surface area contributed by atoms with Crippen molar-refractivity contribution in [1.29, 1.82) is 0 Å². The van der Waals surface area contributed by atoms with Crippen LogP contribution in [0, 0.1) is 0 Å². The summed E-state index contributed by atoms with van der Waals surface area (Å²) in [5.41, 5.74) is 3.50. The van der Waals surface area contributed by atoms with Crippen molar-refractivity contribution in [1.82, 2.24) is 5.43 Å². The summed E-state index contributed by atoms with van der Waals surface area (Å²) < 4.78 is 1.01. The van der Waals surface area contributed by atoms with Crippen LogP contribution >= 0.6 is 27.7 Å². The van der Waals surface area contributed by atoms with Gasteiger partial charge in [0.15, 0.2) is 0 Å². The zero-order chi connectivity index (χ0) is 15.1. The van der Waals surface area contributed by atoms with Gasteiger partial charge >= 0.3 is 0 Å². The van der Waals surface area contributed by atoms with Crippen LogP contribution in [0.25, 0.3) is 0 Å². The first-order valence-corrected chi connectivity index (χ1v) is 8.12. The summed E-state index contributed by atoms with van der Waals surface area (Å²) in [6.07, 6.45) is 1.63. The van der Waals surface area contributed by atoms with Gasteiger partial charge in [0.2, 0.25) is 0 Å². The molecule has 3 nitrogen and oxygen atoms in total. The first-order valence-electron chi connectivity index (χ1n) is 6.45. The predicted molar refractivity (Wildman–Crippen MR) is 91.6 cm³/mol. The monoisotopic (exact) mass is 362 g/mol. The van der Waals surface area contributed by atoms with Crippen molar-refractivity contribution in [2.45, 2.75) is 17.1 Å². The SMILES string of the molecule is CC(Sc1ccccc1)C(=O)N/N=C/c1ccc(Br)cc1. The van der Waals surface area contributed by atoms with Crippen molar-refractivity contribution < 1.29 is 4.79 Å². The van der Waals surface area contributed by atoms with E-state index >= 15 is 0 Å². The molecule has 0 aliphatic carbocycles. The van der Waals surface area contributed by atoms with E-state index in [2.05, 4.69) is 26.5 Å². The summed E-state index contributed by atoms with van der Waals surface area (Å²) in [6, 6.07) is 17.5. The van der Waals surface area contributed by atoms with E-state index in [0.717, 1.165) is 14.9 Å². The largest absolute Gasteiger partial charge is 0.272 e. The van der Waals surface area contributed by atoms with Gasteiger partial charge in [-0.1, -0.05) is 46.3 Å². The maximum absolute atomic E-state index is 11.9. The Morgan fingerprint density at radius 2 is 1.86 bits per heavy atom. The molecule has 0 aliphatic heterocycles. The smallest absolute Gasteiger partial charge is 0.253 e. The number of rotatable bonds is 5. The molecule has 1 amide bonds. The van der Waals surface area contributed by atoms with E-state index in [1.165, 1.54) is 11.8 Å². The summed E-state index contributed by atoms with van der Waals surface area (Å²) in [5, 5.41) is 3.78. The Kier molecular flexibility index (Phi) is 6.02. The standard InChI is InChI=1S/C16H15BrN2OS/c1-12(21-15-5-3-2-4-6-15)16(20)19-18-11-13-7-9-14(17)10-8-13/h2-12H,1H3,(H,19,20)/b18-11+. The van der Waals surface area contributed by atoms with E-state index in [0.29, 0.717) is 0 Å². The molecule has 0 saturated heterocycles. The zero-order valence-corrected chi connectivity index (χ0v) is 13.9. The highest BCUT2D eigenvalue weighted by atomic mass is 79.9. The molecule has 0 fully saturated rings. The van der Waals surface area contributed by atoms with Crippen molar-refractivity contribution in [2.75, 3.05) is 0 Å². The molecule has 1 N–H and O–H groups in total. The Morgan fingerprint density at radius 3 is 2.52 bits per heavy atom. The lowest BCUT2D eigenvalue weighted by Crippen LogP contribution is -2.26. The van der Waals surface area contributed by atoms with Gasteiger partial charge < -0.3 is 0 Å². The van der Waals surface area contributed by atoms with Crippen LogP contribution in [0.1, 0.15) is 12.5 Å². The molecule has 2 aromatic carbocycles. The van der Waals surface area contributed by atoms with E-state index in [1.807, 2.05) is 61.5 Å². The number of hydrazone groups is 1. The van der Waals surface area contributed by atoms with E-state index in [9.17, 15) is 4.79 Å². The second-order valence-electron chi connectivity index (χ2n) is 4.36. The van der Waals surface area contributed by atoms with Gasteiger partial charge in [0.05, 0.1) is 11.5 Å². The van der Waals surface area contributed by atoms with E-state index in [1.54, 1.807) is 6.21 Å². The predicted octanol–water partition coefficient (Wildman–Crippen LogP) is 4.08. The van der Waals surface area contributed by atoms with Gasteiger partial charge in [-0.3, -0.25) is 4.79 Å². The molecule has 1 unspecified atom stereocenters. The van der Waals surface area contributed by atoms with Crippen LogP contribution in [0.5, 0.6) is 0 Å². The Bertz CT molecular complexity index is 614. The molecule has 2 rings (SSSR count). The number of nitrogens with zero attached hydrogens (tertiary/aromatic N) is 1. The second kappa shape index (κ2) is 8.00. The third-order valence-corrected chi connectivity index (χ3v) is 4.32. The molecule has 0 saturated carbocycles. The molecular weight excluding hydrogens is 348 g/mol. The average molecular weight is 363 g/mol. The normalized spacial score (nSPS) is 12.3. The molecule has 0 bridgehead atoms. The minimum Gasteiger partial charge on any atom is -0.272 e. The summed E-state index contributed by atoms with van der Waals surface area (Å²) in [4.78, 5) is 13.0. The van der Waals surface area contributed by atoms with Crippen LogP contribution < -0.4 is 5.43 Å². The molecule has 0 heterocycles. The Labute approximate surface area is 137 Å². The average Bonchev–Trinajstić information content (AvgIpc) is 2.50. The number of amides is 1. The summed E-state index contributed by atoms with van der Waals surface area (Å²) in [5.74, 6) is -0.114. The highest BCUT2D eigenvalue weighted by molar-refractivity contribution is 9.10. The number of hydrogen-bond donors (Lipinski definition) is 1. The minimum atomic E-state index is -0.200. The van der Waals surface area contributed by atoms with Crippen LogP contribution in [0.15, 0.2) is 69.1 Å². The van der Waals surface area contributed by atoms with Crippen molar-refractivity contribution in [3.8, 4) is 0 Å². The number of nitrogens with one attached hydrogen (secondary N) is 1. The quantitative estimate of drug-likeness (QED) is 0.494. The molecule has 0 radical (unpaired) electrons. The molecule has 21 heavy (non-hydrogen) atoms. The van der Waals surface area contributed by atoms with Crippen LogP contribution in [-0.4, -0.2) is 17.4 Å². The third kappa shape index (κ3) is 5.36. The van der Waals surface area contributed by atoms with Gasteiger partial charge in [-0.15, -0.1) is 11.8 Å². The molecule has 1 atom stereocenters. The molecule has 5 heteroatoms. The van der Waals surface area contributed by atoms with Crippen LogP contribution in [0.2, 0.25) is 0 Å². The fraction of sp³-hybridized carbons (Fsp3) is 0.125. The van der Waals surface area contributed by atoms with Crippen LogP contribution in [-0.2, 0) is 4.79 Å². The van der Waals surface area contributed by atoms with E-state index in [4.69, 9.17) is 0 Å². The zero-order valence-electron chi connectivity index (χ0n) is 11.5. The minimum absolute atomic E-state index is 0.114. The Balaban J connectivity index is 1.85. The van der Waals surface area contributed by atoms with Crippen molar-refractivity contribution in [3.05, 3.63) is 64.6 Å². The number of thioether (sulfide) groups is 1. The lowest BCUT2D eigenvalue weighted by molar-refractivity contribution is -0.120.